The van der Waals surface area contributed by atoms with Crippen LogP contribution in [0.4, 0.5) is 0 Å². The second-order valence-corrected chi connectivity index (χ2v) is 6.03. The van der Waals surface area contributed by atoms with E-state index in [1.165, 1.54) is 6.26 Å². The zero-order valence-electron chi connectivity index (χ0n) is 7.83. The van der Waals surface area contributed by atoms with Crippen LogP contribution < -0.4 is 5.32 Å². The van der Waals surface area contributed by atoms with Crippen molar-refractivity contribution in [3.05, 3.63) is 0 Å². The van der Waals surface area contributed by atoms with Gasteiger partial charge < -0.3 is 5.32 Å². The summed E-state index contributed by atoms with van der Waals surface area (Å²) in [5.74, 6) is 1.24. The van der Waals surface area contributed by atoms with Gasteiger partial charge in [-0.3, -0.25) is 0 Å². The Morgan fingerprint density at radius 2 is 2.08 bits per heavy atom. The second kappa shape index (κ2) is 5.83. The van der Waals surface area contributed by atoms with Crippen molar-refractivity contribution in [1.29, 1.82) is 0 Å². The maximum absolute atomic E-state index is 10.8. The number of hydrogen-bond acceptors (Lipinski definition) is 4. The lowest BCUT2D eigenvalue weighted by Gasteiger charge is -2.13. The second-order valence-electron chi connectivity index (χ2n) is 2.86. The van der Waals surface area contributed by atoms with E-state index in [2.05, 4.69) is 5.32 Å². The maximum atomic E-state index is 10.8. The standard InChI is InChI=1S/C7H17NO2S2/c1-8-7(6-11-2)4-5-12(3,9)10/h7-8H,4-6H2,1-3H3. The van der Waals surface area contributed by atoms with Gasteiger partial charge in [-0.25, -0.2) is 8.42 Å². The van der Waals surface area contributed by atoms with Crippen LogP contribution in [0.1, 0.15) is 6.42 Å². The van der Waals surface area contributed by atoms with E-state index in [-0.39, 0.29) is 5.75 Å². The summed E-state index contributed by atoms with van der Waals surface area (Å²) in [5.41, 5.74) is 0. The van der Waals surface area contributed by atoms with E-state index < -0.39 is 9.84 Å². The Morgan fingerprint density at radius 3 is 2.42 bits per heavy atom. The fraction of sp³-hybridized carbons (Fsp3) is 1.00. The van der Waals surface area contributed by atoms with Gasteiger partial charge in [0.05, 0.1) is 5.75 Å². The summed E-state index contributed by atoms with van der Waals surface area (Å²) in [6.07, 6.45) is 4.00. The number of nitrogens with one attached hydrogen (secondary N) is 1. The van der Waals surface area contributed by atoms with Crippen LogP contribution in [0.2, 0.25) is 0 Å². The summed E-state index contributed by atoms with van der Waals surface area (Å²) in [6.45, 7) is 0. The molecule has 0 aliphatic carbocycles. The zero-order valence-corrected chi connectivity index (χ0v) is 9.46. The highest BCUT2D eigenvalue weighted by atomic mass is 32.2. The molecule has 0 saturated carbocycles. The molecule has 0 aromatic rings. The van der Waals surface area contributed by atoms with Crippen LogP contribution in [-0.4, -0.2) is 45.5 Å². The van der Waals surface area contributed by atoms with Crippen LogP contribution in [-0.2, 0) is 9.84 Å². The first-order valence-electron chi connectivity index (χ1n) is 3.83. The Balaban J connectivity index is 3.73. The maximum Gasteiger partial charge on any atom is 0.147 e. The highest BCUT2D eigenvalue weighted by molar-refractivity contribution is 7.98. The van der Waals surface area contributed by atoms with Gasteiger partial charge in [0, 0.05) is 18.1 Å². The number of hydrogen-bond donors (Lipinski definition) is 1. The highest BCUT2D eigenvalue weighted by Crippen LogP contribution is 2.02. The topological polar surface area (TPSA) is 46.2 Å². The molecule has 0 spiro atoms. The number of rotatable bonds is 6. The van der Waals surface area contributed by atoms with Gasteiger partial charge in [0.2, 0.25) is 0 Å². The molecule has 0 aromatic heterocycles. The predicted molar refractivity (Wildman–Crippen MR) is 55.6 cm³/mol. The summed E-state index contributed by atoms with van der Waals surface area (Å²) < 4.78 is 21.6. The average molecular weight is 211 g/mol. The van der Waals surface area contributed by atoms with Crippen LogP contribution in [0, 0.1) is 0 Å². The molecule has 5 heteroatoms. The predicted octanol–water partition coefficient (Wildman–Crippen LogP) is 0.372. The first-order valence-corrected chi connectivity index (χ1v) is 7.29. The fourth-order valence-corrected chi connectivity index (χ4v) is 2.32. The minimum absolute atomic E-state index is 0.277. The van der Waals surface area contributed by atoms with Gasteiger partial charge >= 0.3 is 0 Å². The third-order valence-electron chi connectivity index (χ3n) is 1.61. The van der Waals surface area contributed by atoms with Crippen molar-refractivity contribution in [3.63, 3.8) is 0 Å². The summed E-state index contributed by atoms with van der Waals surface area (Å²) >= 11 is 1.73. The van der Waals surface area contributed by atoms with E-state index in [1.54, 1.807) is 11.8 Å². The van der Waals surface area contributed by atoms with Gasteiger partial charge in [0.25, 0.3) is 0 Å². The Bertz CT molecular complexity index is 201. The van der Waals surface area contributed by atoms with E-state index in [4.69, 9.17) is 0 Å². The minimum atomic E-state index is -2.80. The molecule has 1 unspecified atom stereocenters. The van der Waals surface area contributed by atoms with Gasteiger partial charge in [-0.15, -0.1) is 0 Å². The van der Waals surface area contributed by atoms with Crippen molar-refractivity contribution >= 4 is 21.6 Å². The molecule has 0 saturated heterocycles. The van der Waals surface area contributed by atoms with Crippen LogP contribution in [0.3, 0.4) is 0 Å². The summed E-state index contributed by atoms with van der Waals surface area (Å²) in [4.78, 5) is 0. The van der Waals surface area contributed by atoms with Crippen molar-refractivity contribution in [2.24, 2.45) is 0 Å². The van der Waals surface area contributed by atoms with E-state index in [0.29, 0.717) is 12.5 Å². The zero-order chi connectivity index (χ0) is 9.61. The molecule has 1 N–H and O–H groups in total. The van der Waals surface area contributed by atoms with Crippen LogP contribution >= 0.6 is 11.8 Å². The Morgan fingerprint density at radius 1 is 1.50 bits per heavy atom. The van der Waals surface area contributed by atoms with Gasteiger partial charge in [0.1, 0.15) is 9.84 Å². The van der Waals surface area contributed by atoms with Crippen LogP contribution in [0.25, 0.3) is 0 Å². The van der Waals surface area contributed by atoms with Crippen LogP contribution in [0.5, 0.6) is 0 Å². The first-order chi connectivity index (χ1) is 5.49. The molecule has 0 amide bonds. The molecule has 3 nitrogen and oxygen atoms in total. The quantitative estimate of drug-likeness (QED) is 0.689. The van der Waals surface area contributed by atoms with Crippen molar-refractivity contribution in [2.75, 3.05) is 31.1 Å². The minimum Gasteiger partial charge on any atom is -0.316 e. The molecular formula is C7H17NO2S2. The van der Waals surface area contributed by atoms with Crippen LogP contribution in [0.15, 0.2) is 0 Å². The Labute approximate surface area is 79.2 Å². The fourth-order valence-electron chi connectivity index (χ4n) is 0.869. The monoisotopic (exact) mass is 211 g/mol. The Kier molecular flexibility index (Phi) is 5.96. The largest absolute Gasteiger partial charge is 0.316 e. The normalized spacial score (nSPS) is 14.6. The molecule has 0 aromatic carbocycles. The summed E-state index contributed by atoms with van der Waals surface area (Å²) in [5, 5.41) is 3.09. The molecule has 74 valence electrons. The van der Waals surface area contributed by atoms with Crippen molar-refractivity contribution in [1.82, 2.24) is 5.32 Å². The number of thioether (sulfide) groups is 1. The Hall–Kier alpha value is 0.260. The first kappa shape index (κ1) is 12.3. The molecule has 1 atom stereocenters. The van der Waals surface area contributed by atoms with Gasteiger partial charge in [-0.05, 0) is 19.7 Å². The van der Waals surface area contributed by atoms with Gasteiger partial charge in [-0.1, -0.05) is 0 Å². The van der Waals surface area contributed by atoms with E-state index in [0.717, 1.165) is 5.75 Å². The lowest BCUT2D eigenvalue weighted by atomic mass is 10.3. The van der Waals surface area contributed by atoms with Gasteiger partial charge in [-0.2, -0.15) is 11.8 Å². The average Bonchev–Trinajstić information content (AvgIpc) is 1.96. The van der Waals surface area contributed by atoms with Crippen molar-refractivity contribution in [3.8, 4) is 0 Å². The molecule has 0 aliphatic heterocycles. The van der Waals surface area contributed by atoms with Crippen molar-refractivity contribution < 1.29 is 8.42 Å². The third kappa shape index (κ3) is 6.94. The van der Waals surface area contributed by atoms with E-state index in [9.17, 15) is 8.42 Å². The lowest BCUT2D eigenvalue weighted by Crippen LogP contribution is -2.29. The summed E-state index contributed by atoms with van der Waals surface area (Å²) in [6, 6.07) is 0.315. The molecular weight excluding hydrogens is 194 g/mol. The molecule has 0 aliphatic rings. The SMILES string of the molecule is CNC(CCS(C)(=O)=O)CSC. The molecule has 0 fully saturated rings. The van der Waals surface area contributed by atoms with E-state index in [1.807, 2.05) is 13.3 Å². The van der Waals surface area contributed by atoms with Crippen molar-refractivity contribution in [2.45, 2.75) is 12.5 Å². The summed E-state index contributed by atoms with van der Waals surface area (Å²) in [7, 11) is -0.933. The lowest BCUT2D eigenvalue weighted by molar-refractivity contribution is 0.573. The molecule has 0 bridgehead atoms. The molecule has 0 heterocycles. The highest BCUT2D eigenvalue weighted by Gasteiger charge is 2.09. The molecule has 0 rings (SSSR count). The molecule has 12 heavy (non-hydrogen) atoms. The van der Waals surface area contributed by atoms with Gasteiger partial charge in [0.15, 0.2) is 0 Å². The smallest absolute Gasteiger partial charge is 0.147 e. The number of sulfone groups is 1. The molecule has 0 radical (unpaired) electrons. The van der Waals surface area contributed by atoms with E-state index >= 15 is 0 Å². The third-order valence-corrected chi connectivity index (χ3v) is 3.33.